The highest BCUT2D eigenvalue weighted by molar-refractivity contribution is 6.41. The summed E-state index contributed by atoms with van der Waals surface area (Å²) in [6.07, 6.45) is 0.305. The Balaban J connectivity index is 2.25. The Morgan fingerprint density at radius 1 is 1.17 bits per heavy atom. The SMILES string of the molecule is O[Si](O)CNCc1ccccc1. The van der Waals surface area contributed by atoms with Crippen LogP contribution in [0.4, 0.5) is 0 Å². The van der Waals surface area contributed by atoms with E-state index in [0.29, 0.717) is 12.7 Å². The van der Waals surface area contributed by atoms with Gasteiger partial charge in [0.05, 0.1) is 0 Å². The highest BCUT2D eigenvalue weighted by Gasteiger charge is 2.01. The molecule has 3 N–H and O–H groups in total. The van der Waals surface area contributed by atoms with Crippen LogP contribution in [0.1, 0.15) is 5.56 Å². The fraction of sp³-hybridized carbons (Fsp3) is 0.250. The van der Waals surface area contributed by atoms with Gasteiger partial charge in [0.15, 0.2) is 0 Å². The highest BCUT2D eigenvalue weighted by Crippen LogP contribution is 1.96. The van der Waals surface area contributed by atoms with E-state index in [1.807, 2.05) is 30.3 Å². The monoisotopic (exact) mass is 182 g/mol. The lowest BCUT2D eigenvalue weighted by Crippen LogP contribution is -2.30. The summed E-state index contributed by atoms with van der Waals surface area (Å²) in [4.78, 5) is 17.3. The molecular weight excluding hydrogens is 170 g/mol. The molecule has 0 heterocycles. The largest absolute Gasteiger partial charge is 0.409 e. The molecule has 0 saturated heterocycles. The van der Waals surface area contributed by atoms with E-state index in [0.717, 1.165) is 5.56 Å². The smallest absolute Gasteiger partial charge is 0.394 e. The Morgan fingerprint density at radius 2 is 1.83 bits per heavy atom. The van der Waals surface area contributed by atoms with Crippen molar-refractivity contribution in [2.45, 2.75) is 6.54 Å². The van der Waals surface area contributed by atoms with Crippen molar-refractivity contribution in [2.24, 2.45) is 0 Å². The summed E-state index contributed by atoms with van der Waals surface area (Å²) >= 11 is 0. The zero-order chi connectivity index (χ0) is 8.81. The van der Waals surface area contributed by atoms with Crippen LogP contribution in [0.5, 0.6) is 0 Å². The van der Waals surface area contributed by atoms with E-state index >= 15 is 0 Å². The first-order chi connectivity index (χ1) is 5.79. The molecule has 1 radical (unpaired) electrons. The van der Waals surface area contributed by atoms with Gasteiger partial charge in [-0.1, -0.05) is 30.3 Å². The van der Waals surface area contributed by atoms with Crippen molar-refractivity contribution >= 4 is 9.28 Å². The van der Waals surface area contributed by atoms with E-state index in [-0.39, 0.29) is 0 Å². The first kappa shape index (κ1) is 9.41. The van der Waals surface area contributed by atoms with Crippen LogP contribution >= 0.6 is 0 Å². The van der Waals surface area contributed by atoms with Crippen LogP contribution in [0.15, 0.2) is 30.3 Å². The molecule has 0 spiro atoms. The molecule has 4 heteroatoms. The van der Waals surface area contributed by atoms with Crippen LogP contribution in [0.25, 0.3) is 0 Å². The van der Waals surface area contributed by atoms with Crippen LogP contribution < -0.4 is 5.32 Å². The highest BCUT2D eigenvalue weighted by atomic mass is 28.3. The predicted molar refractivity (Wildman–Crippen MR) is 48.3 cm³/mol. The predicted octanol–water partition coefficient (Wildman–Crippen LogP) is -0.212. The topological polar surface area (TPSA) is 52.5 Å². The molecule has 1 aromatic rings. The molecule has 0 saturated carbocycles. The van der Waals surface area contributed by atoms with Gasteiger partial charge in [0, 0.05) is 12.7 Å². The minimum atomic E-state index is -2.12. The Bertz CT molecular complexity index is 216. The lowest BCUT2D eigenvalue weighted by atomic mass is 10.2. The first-order valence-electron chi connectivity index (χ1n) is 3.77. The van der Waals surface area contributed by atoms with Crippen LogP contribution in [0.2, 0.25) is 0 Å². The third kappa shape index (κ3) is 3.63. The fourth-order valence-corrected chi connectivity index (χ4v) is 1.26. The molecule has 0 fully saturated rings. The van der Waals surface area contributed by atoms with Gasteiger partial charge in [-0.2, -0.15) is 0 Å². The van der Waals surface area contributed by atoms with Crippen molar-refractivity contribution in [3.63, 3.8) is 0 Å². The van der Waals surface area contributed by atoms with Gasteiger partial charge < -0.3 is 14.9 Å². The van der Waals surface area contributed by atoms with Gasteiger partial charge in [-0.25, -0.2) is 0 Å². The second kappa shape index (κ2) is 5.05. The zero-order valence-electron chi connectivity index (χ0n) is 6.70. The lowest BCUT2D eigenvalue weighted by molar-refractivity contribution is 0.399. The first-order valence-corrected chi connectivity index (χ1v) is 5.37. The summed E-state index contributed by atoms with van der Waals surface area (Å²) < 4.78 is 0. The standard InChI is InChI=1S/C8H12NO2Si/c10-12(11)7-9-6-8-4-2-1-3-5-8/h1-5,9-11H,6-7H2. The Kier molecular flexibility index (Phi) is 3.96. The molecule has 0 amide bonds. The van der Waals surface area contributed by atoms with Crippen LogP contribution in [0, 0.1) is 0 Å². The van der Waals surface area contributed by atoms with Gasteiger partial charge in [0.25, 0.3) is 0 Å². The van der Waals surface area contributed by atoms with Crippen molar-refractivity contribution < 1.29 is 9.59 Å². The van der Waals surface area contributed by atoms with Gasteiger partial charge in [0.1, 0.15) is 0 Å². The zero-order valence-corrected chi connectivity index (χ0v) is 7.70. The van der Waals surface area contributed by atoms with E-state index in [1.165, 1.54) is 0 Å². The van der Waals surface area contributed by atoms with Crippen molar-refractivity contribution in [1.82, 2.24) is 5.32 Å². The van der Waals surface area contributed by atoms with E-state index < -0.39 is 9.28 Å². The molecule has 0 atom stereocenters. The van der Waals surface area contributed by atoms with Crippen molar-refractivity contribution in [2.75, 3.05) is 6.17 Å². The molecule has 0 aliphatic rings. The summed E-state index contributed by atoms with van der Waals surface area (Å²) in [5.74, 6) is 0. The average Bonchev–Trinajstić information content (AvgIpc) is 2.05. The van der Waals surface area contributed by atoms with Gasteiger partial charge in [-0.3, -0.25) is 0 Å². The third-order valence-electron chi connectivity index (χ3n) is 1.46. The molecule has 0 aromatic heterocycles. The van der Waals surface area contributed by atoms with E-state index in [2.05, 4.69) is 5.32 Å². The molecule has 0 aliphatic carbocycles. The number of benzene rings is 1. The second-order valence-corrected chi connectivity index (χ2v) is 3.69. The summed E-state index contributed by atoms with van der Waals surface area (Å²) in [6.45, 7) is 0.691. The average molecular weight is 182 g/mol. The van der Waals surface area contributed by atoms with E-state index in [9.17, 15) is 0 Å². The number of rotatable bonds is 4. The lowest BCUT2D eigenvalue weighted by Gasteiger charge is -2.03. The maximum absolute atomic E-state index is 8.63. The Morgan fingerprint density at radius 3 is 2.42 bits per heavy atom. The van der Waals surface area contributed by atoms with Gasteiger partial charge >= 0.3 is 9.28 Å². The van der Waals surface area contributed by atoms with Crippen molar-refractivity contribution in [3.8, 4) is 0 Å². The number of hydrogen-bond donors (Lipinski definition) is 3. The molecular formula is C8H12NO2Si. The number of hydrogen-bond acceptors (Lipinski definition) is 3. The maximum atomic E-state index is 8.63. The van der Waals surface area contributed by atoms with Gasteiger partial charge in [-0.15, -0.1) is 0 Å². The molecule has 12 heavy (non-hydrogen) atoms. The van der Waals surface area contributed by atoms with Crippen molar-refractivity contribution in [1.29, 1.82) is 0 Å². The summed E-state index contributed by atoms with van der Waals surface area (Å²) in [7, 11) is -2.12. The minimum absolute atomic E-state index is 0.305. The maximum Gasteiger partial charge on any atom is 0.394 e. The van der Waals surface area contributed by atoms with Gasteiger partial charge in [0.2, 0.25) is 0 Å². The van der Waals surface area contributed by atoms with Crippen LogP contribution in [0.3, 0.4) is 0 Å². The molecule has 1 rings (SSSR count). The molecule has 1 aromatic carbocycles. The molecule has 0 aliphatic heterocycles. The number of nitrogens with one attached hydrogen (secondary N) is 1. The molecule has 0 unspecified atom stereocenters. The molecule has 3 nitrogen and oxygen atoms in total. The van der Waals surface area contributed by atoms with E-state index in [4.69, 9.17) is 9.59 Å². The summed E-state index contributed by atoms with van der Waals surface area (Å²) in [5.41, 5.74) is 1.15. The van der Waals surface area contributed by atoms with Crippen molar-refractivity contribution in [3.05, 3.63) is 35.9 Å². The molecule has 0 bridgehead atoms. The van der Waals surface area contributed by atoms with Gasteiger partial charge in [-0.05, 0) is 5.56 Å². The fourth-order valence-electron chi connectivity index (χ4n) is 0.915. The van der Waals surface area contributed by atoms with E-state index in [1.54, 1.807) is 0 Å². The Hall–Kier alpha value is -0.683. The quantitative estimate of drug-likeness (QED) is 0.565. The summed E-state index contributed by atoms with van der Waals surface area (Å²) in [5, 5.41) is 2.95. The molecule has 65 valence electrons. The van der Waals surface area contributed by atoms with Crippen LogP contribution in [-0.2, 0) is 6.54 Å². The minimum Gasteiger partial charge on any atom is -0.409 e. The Labute approximate surface area is 73.5 Å². The normalized spacial score (nSPS) is 10.6. The second-order valence-electron chi connectivity index (χ2n) is 2.51. The van der Waals surface area contributed by atoms with Crippen LogP contribution in [-0.4, -0.2) is 25.0 Å². The summed E-state index contributed by atoms with van der Waals surface area (Å²) in [6, 6.07) is 9.86. The third-order valence-corrected chi connectivity index (χ3v) is 2.02.